The molecule has 5 nitrogen and oxygen atoms in total. The summed E-state index contributed by atoms with van der Waals surface area (Å²) < 4.78 is 1.97. The van der Waals surface area contributed by atoms with Gasteiger partial charge in [-0.3, -0.25) is 9.99 Å². The van der Waals surface area contributed by atoms with E-state index in [1.54, 1.807) is 6.20 Å². The molecule has 2 aromatic heterocycles. The van der Waals surface area contributed by atoms with Gasteiger partial charge in [0.25, 0.3) is 0 Å². The van der Waals surface area contributed by atoms with Crippen molar-refractivity contribution in [3.8, 4) is 16.9 Å². The van der Waals surface area contributed by atoms with E-state index in [1.807, 2.05) is 41.2 Å². The van der Waals surface area contributed by atoms with Crippen LogP contribution in [-0.2, 0) is 6.42 Å². The predicted octanol–water partition coefficient (Wildman–Crippen LogP) is 6.85. The van der Waals surface area contributed by atoms with Crippen LogP contribution < -0.4 is 5.01 Å². The molecule has 0 amide bonds. The Balaban J connectivity index is 1.47. The van der Waals surface area contributed by atoms with Crippen LogP contribution in [0.4, 0.5) is 5.69 Å². The van der Waals surface area contributed by atoms with Gasteiger partial charge in [0.1, 0.15) is 0 Å². The van der Waals surface area contributed by atoms with Gasteiger partial charge in [0, 0.05) is 36.1 Å². The number of para-hydroxylation sites is 2. The summed E-state index contributed by atoms with van der Waals surface area (Å²) in [4.78, 5) is 4.38. The molecule has 0 saturated carbocycles. The van der Waals surface area contributed by atoms with Crippen LogP contribution in [0, 0.1) is 0 Å². The van der Waals surface area contributed by atoms with Crippen molar-refractivity contribution in [2.75, 3.05) is 5.01 Å². The van der Waals surface area contributed by atoms with Gasteiger partial charge >= 0.3 is 0 Å². The lowest BCUT2D eigenvalue weighted by atomic mass is 9.96. The van der Waals surface area contributed by atoms with E-state index in [0.717, 1.165) is 52.3 Å². The molecule has 176 valence electrons. The monoisotopic (exact) mass is 469 g/mol. The van der Waals surface area contributed by atoms with E-state index >= 15 is 0 Å². The van der Waals surface area contributed by atoms with Crippen molar-refractivity contribution in [1.82, 2.24) is 14.8 Å². The third-order valence-electron chi connectivity index (χ3n) is 6.68. The Labute approximate surface area is 211 Å². The van der Waals surface area contributed by atoms with E-state index in [4.69, 9.17) is 10.2 Å². The average Bonchev–Trinajstić information content (AvgIpc) is 3.60. The Morgan fingerprint density at radius 3 is 2.17 bits per heavy atom. The van der Waals surface area contributed by atoms with Gasteiger partial charge in [0.15, 0.2) is 0 Å². The molecule has 1 atom stereocenters. The summed E-state index contributed by atoms with van der Waals surface area (Å²) in [5, 5.41) is 12.3. The molecule has 1 aliphatic rings. The number of hydrogen-bond donors (Lipinski definition) is 0. The quantitative estimate of drug-likeness (QED) is 0.273. The Morgan fingerprint density at radius 1 is 0.778 bits per heavy atom. The second-order valence-corrected chi connectivity index (χ2v) is 8.95. The number of nitrogens with zero attached hydrogens (tertiary/aromatic N) is 5. The van der Waals surface area contributed by atoms with Crippen molar-refractivity contribution < 1.29 is 0 Å². The average molecular weight is 470 g/mol. The number of aryl methyl sites for hydroxylation is 1. The standard InChI is InChI=1S/C31H27N5/c1-2-23-15-17-24(18-16-23)29-20-30(36(33-29)27-13-7-4-8-14-27)28-22-35(26-11-5-3-6-12-26)34-31(28)25-10-9-19-32-21-25/h3-19,21-22,30H,2,20H2,1H3/t30-/m1/s1. The van der Waals surface area contributed by atoms with Crippen LogP contribution in [0.5, 0.6) is 0 Å². The fraction of sp³-hybridized carbons (Fsp3) is 0.129. The van der Waals surface area contributed by atoms with Gasteiger partial charge in [-0.15, -0.1) is 0 Å². The van der Waals surface area contributed by atoms with E-state index in [9.17, 15) is 0 Å². The van der Waals surface area contributed by atoms with Gasteiger partial charge in [-0.2, -0.15) is 10.2 Å². The minimum Gasteiger partial charge on any atom is -0.264 e. The molecule has 3 aromatic carbocycles. The van der Waals surface area contributed by atoms with Gasteiger partial charge in [-0.1, -0.05) is 67.6 Å². The first-order valence-electron chi connectivity index (χ1n) is 12.4. The van der Waals surface area contributed by atoms with Crippen molar-refractivity contribution in [3.63, 3.8) is 0 Å². The number of hydrazone groups is 1. The van der Waals surface area contributed by atoms with Gasteiger partial charge in [0.2, 0.25) is 0 Å². The third-order valence-corrected chi connectivity index (χ3v) is 6.68. The highest BCUT2D eigenvalue weighted by Crippen LogP contribution is 2.40. The molecule has 0 aliphatic carbocycles. The van der Waals surface area contributed by atoms with Crippen LogP contribution >= 0.6 is 0 Å². The summed E-state index contributed by atoms with van der Waals surface area (Å²) in [6.07, 6.45) is 7.64. The molecule has 0 bridgehead atoms. The zero-order valence-electron chi connectivity index (χ0n) is 20.2. The molecule has 0 unspecified atom stereocenters. The summed E-state index contributed by atoms with van der Waals surface area (Å²) in [6, 6.07) is 33.5. The van der Waals surface area contributed by atoms with E-state index < -0.39 is 0 Å². The number of rotatable bonds is 6. The molecule has 6 rings (SSSR count). The van der Waals surface area contributed by atoms with Gasteiger partial charge in [-0.05, 0) is 53.9 Å². The first-order chi connectivity index (χ1) is 17.8. The van der Waals surface area contributed by atoms with Crippen molar-refractivity contribution in [1.29, 1.82) is 0 Å². The Morgan fingerprint density at radius 2 is 1.50 bits per heavy atom. The van der Waals surface area contributed by atoms with Crippen LogP contribution in [0.25, 0.3) is 16.9 Å². The SMILES string of the molecule is CCc1ccc(C2=NN(c3ccccc3)[C@@H](c3cn(-c4ccccc4)nc3-c3cccnc3)C2)cc1. The third kappa shape index (κ3) is 4.20. The number of hydrogen-bond acceptors (Lipinski definition) is 4. The lowest BCUT2D eigenvalue weighted by molar-refractivity contribution is 0.709. The smallest absolute Gasteiger partial charge is 0.0996 e. The molecular formula is C31H27N5. The fourth-order valence-electron chi connectivity index (χ4n) is 4.75. The van der Waals surface area contributed by atoms with Crippen LogP contribution in [0.15, 0.2) is 121 Å². The van der Waals surface area contributed by atoms with Crippen LogP contribution in [0.3, 0.4) is 0 Å². The van der Waals surface area contributed by atoms with Crippen LogP contribution in [0.2, 0.25) is 0 Å². The maximum absolute atomic E-state index is 5.16. The topological polar surface area (TPSA) is 46.3 Å². The van der Waals surface area contributed by atoms with E-state index in [1.165, 1.54) is 5.56 Å². The van der Waals surface area contributed by atoms with E-state index in [-0.39, 0.29) is 6.04 Å². The molecule has 5 heteroatoms. The first kappa shape index (κ1) is 22.0. The molecular weight excluding hydrogens is 442 g/mol. The summed E-state index contributed by atoms with van der Waals surface area (Å²) in [7, 11) is 0. The minimum absolute atomic E-state index is 0.000852. The Bertz CT molecular complexity index is 1470. The van der Waals surface area contributed by atoms with Gasteiger partial charge in [0.05, 0.1) is 28.8 Å². The van der Waals surface area contributed by atoms with Gasteiger partial charge in [-0.25, -0.2) is 4.68 Å². The Hall–Kier alpha value is -4.51. The number of pyridine rings is 1. The molecule has 0 saturated heterocycles. The normalized spacial score (nSPS) is 15.2. The molecule has 0 fully saturated rings. The second-order valence-electron chi connectivity index (χ2n) is 8.95. The first-order valence-corrected chi connectivity index (χ1v) is 12.4. The molecule has 0 spiro atoms. The van der Waals surface area contributed by atoms with Crippen molar-refractivity contribution in [3.05, 3.63) is 132 Å². The van der Waals surface area contributed by atoms with Crippen LogP contribution in [-0.4, -0.2) is 20.5 Å². The highest BCUT2D eigenvalue weighted by Gasteiger charge is 2.33. The summed E-state index contributed by atoms with van der Waals surface area (Å²) >= 11 is 0. The lowest BCUT2D eigenvalue weighted by Gasteiger charge is -2.23. The lowest BCUT2D eigenvalue weighted by Crippen LogP contribution is -2.18. The zero-order valence-corrected chi connectivity index (χ0v) is 20.2. The number of benzene rings is 3. The van der Waals surface area contributed by atoms with E-state index in [0.29, 0.717) is 0 Å². The van der Waals surface area contributed by atoms with Crippen LogP contribution in [0.1, 0.15) is 36.1 Å². The minimum atomic E-state index is 0.000852. The highest BCUT2D eigenvalue weighted by atomic mass is 15.5. The number of anilines is 1. The molecule has 3 heterocycles. The Kier molecular flexibility index (Phi) is 5.88. The highest BCUT2D eigenvalue weighted by molar-refractivity contribution is 6.03. The molecule has 0 N–H and O–H groups in total. The zero-order chi connectivity index (χ0) is 24.3. The second kappa shape index (κ2) is 9.62. The molecule has 1 aliphatic heterocycles. The predicted molar refractivity (Wildman–Crippen MR) is 145 cm³/mol. The van der Waals surface area contributed by atoms with Gasteiger partial charge < -0.3 is 0 Å². The summed E-state index contributed by atoms with van der Waals surface area (Å²) in [5.41, 5.74) is 8.70. The summed E-state index contributed by atoms with van der Waals surface area (Å²) in [6.45, 7) is 2.18. The molecule has 0 radical (unpaired) electrons. The maximum Gasteiger partial charge on any atom is 0.0996 e. The molecule has 36 heavy (non-hydrogen) atoms. The largest absolute Gasteiger partial charge is 0.264 e. The van der Waals surface area contributed by atoms with Crippen molar-refractivity contribution >= 4 is 11.4 Å². The van der Waals surface area contributed by atoms with Crippen molar-refractivity contribution in [2.24, 2.45) is 5.10 Å². The van der Waals surface area contributed by atoms with E-state index in [2.05, 4.69) is 89.8 Å². The van der Waals surface area contributed by atoms with Crippen molar-refractivity contribution in [2.45, 2.75) is 25.8 Å². The summed E-state index contributed by atoms with van der Waals surface area (Å²) in [5.74, 6) is 0. The maximum atomic E-state index is 5.16. The molecule has 5 aromatic rings. The fourth-order valence-corrected chi connectivity index (χ4v) is 4.75. The number of aromatic nitrogens is 3.